The minimum atomic E-state index is -0.855. The predicted octanol–water partition coefficient (Wildman–Crippen LogP) is 2.98. The lowest BCUT2D eigenvalue weighted by Gasteiger charge is -2.22. The molecule has 160 valence electrons. The van der Waals surface area contributed by atoms with Crippen molar-refractivity contribution in [1.29, 1.82) is 0 Å². The number of nitrogens with one attached hydrogen (secondary N) is 2. The van der Waals surface area contributed by atoms with E-state index in [4.69, 9.17) is 9.47 Å². The molecule has 0 saturated carbocycles. The van der Waals surface area contributed by atoms with Crippen molar-refractivity contribution in [2.75, 3.05) is 7.11 Å². The summed E-state index contributed by atoms with van der Waals surface area (Å²) in [7, 11) is 1.27. The molecule has 2 atom stereocenters. The molecule has 7 nitrogen and oxygen atoms in total. The van der Waals surface area contributed by atoms with Crippen LogP contribution in [0.15, 0.2) is 60.7 Å². The van der Waals surface area contributed by atoms with Gasteiger partial charge in [-0.1, -0.05) is 74.0 Å². The first-order valence-electron chi connectivity index (χ1n) is 9.92. The third-order valence-corrected chi connectivity index (χ3v) is 4.48. The Bertz CT molecular complexity index is 811. The number of carbonyl (C=O) groups excluding carboxylic acids is 3. The SMILES string of the molecule is CCC[C@H](NC(=O)OCc1ccccc1)C(=O)N[C@H](Cc1ccccc1)C(=O)OC. The first kappa shape index (κ1) is 22.9. The summed E-state index contributed by atoms with van der Waals surface area (Å²) in [4.78, 5) is 37.1. The van der Waals surface area contributed by atoms with Crippen molar-refractivity contribution in [3.8, 4) is 0 Å². The highest BCUT2D eigenvalue weighted by Crippen LogP contribution is 2.07. The molecule has 2 N–H and O–H groups in total. The molecule has 0 unspecified atom stereocenters. The molecule has 0 fully saturated rings. The zero-order chi connectivity index (χ0) is 21.8. The fourth-order valence-corrected chi connectivity index (χ4v) is 2.92. The molecule has 2 aromatic carbocycles. The molecule has 2 aromatic rings. The second kappa shape index (κ2) is 12.3. The van der Waals surface area contributed by atoms with E-state index >= 15 is 0 Å². The Morgan fingerprint density at radius 3 is 2.03 bits per heavy atom. The van der Waals surface area contributed by atoms with E-state index in [0.29, 0.717) is 12.8 Å². The van der Waals surface area contributed by atoms with Gasteiger partial charge in [-0.15, -0.1) is 0 Å². The monoisotopic (exact) mass is 412 g/mol. The average Bonchev–Trinajstić information content (AvgIpc) is 2.77. The number of rotatable bonds is 10. The molecule has 0 aromatic heterocycles. The van der Waals surface area contributed by atoms with Gasteiger partial charge in [-0.2, -0.15) is 0 Å². The molecule has 0 saturated heterocycles. The Labute approximate surface area is 176 Å². The van der Waals surface area contributed by atoms with Gasteiger partial charge in [0.1, 0.15) is 18.7 Å². The van der Waals surface area contributed by atoms with Gasteiger partial charge >= 0.3 is 12.1 Å². The molecule has 0 heterocycles. The number of amides is 2. The van der Waals surface area contributed by atoms with Gasteiger partial charge in [0.15, 0.2) is 0 Å². The number of hydrogen-bond donors (Lipinski definition) is 2. The summed E-state index contributed by atoms with van der Waals surface area (Å²) < 4.78 is 10.0. The first-order chi connectivity index (χ1) is 14.5. The van der Waals surface area contributed by atoms with E-state index < -0.39 is 30.1 Å². The first-order valence-corrected chi connectivity index (χ1v) is 9.92. The molecule has 0 aliphatic heterocycles. The lowest BCUT2D eigenvalue weighted by Crippen LogP contribution is -2.52. The van der Waals surface area contributed by atoms with Crippen LogP contribution in [0, 0.1) is 0 Å². The van der Waals surface area contributed by atoms with Crippen LogP contribution in [0.3, 0.4) is 0 Å². The van der Waals surface area contributed by atoms with Crippen LogP contribution in [0.2, 0.25) is 0 Å². The van der Waals surface area contributed by atoms with Crippen molar-refractivity contribution in [1.82, 2.24) is 10.6 Å². The predicted molar refractivity (Wildman–Crippen MR) is 113 cm³/mol. The number of methoxy groups -OCH3 is 1. The van der Waals surface area contributed by atoms with Crippen molar-refractivity contribution < 1.29 is 23.9 Å². The summed E-state index contributed by atoms with van der Waals surface area (Å²) in [5, 5.41) is 5.29. The third kappa shape index (κ3) is 7.58. The van der Waals surface area contributed by atoms with Gasteiger partial charge in [0, 0.05) is 6.42 Å². The highest BCUT2D eigenvalue weighted by Gasteiger charge is 2.27. The quantitative estimate of drug-likeness (QED) is 0.585. The Kier molecular flexibility index (Phi) is 9.37. The lowest BCUT2D eigenvalue weighted by molar-refractivity contribution is -0.145. The zero-order valence-corrected chi connectivity index (χ0v) is 17.3. The van der Waals surface area contributed by atoms with Gasteiger partial charge < -0.3 is 20.1 Å². The Morgan fingerprint density at radius 2 is 1.47 bits per heavy atom. The number of benzene rings is 2. The van der Waals surface area contributed by atoms with E-state index in [1.807, 2.05) is 67.6 Å². The molecular formula is C23H28N2O5. The summed E-state index contributed by atoms with van der Waals surface area (Å²) in [5.74, 6) is -1.01. The molecular weight excluding hydrogens is 384 g/mol. The van der Waals surface area contributed by atoms with E-state index in [-0.39, 0.29) is 13.0 Å². The van der Waals surface area contributed by atoms with Crippen LogP contribution in [0.25, 0.3) is 0 Å². The van der Waals surface area contributed by atoms with Crippen LogP contribution in [0.5, 0.6) is 0 Å². The highest BCUT2D eigenvalue weighted by atomic mass is 16.5. The summed E-state index contributed by atoms with van der Waals surface area (Å²) in [5.41, 5.74) is 1.73. The fourth-order valence-electron chi connectivity index (χ4n) is 2.92. The van der Waals surface area contributed by atoms with Crippen molar-refractivity contribution in [2.24, 2.45) is 0 Å². The van der Waals surface area contributed by atoms with E-state index in [1.165, 1.54) is 7.11 Å². The second-order valence-corrected chi connectivity index (χ2v) is 6.82. The Hall–Kier alpha value is -3.35. The maximum Gasteiger partial charge on any atom is 0.408 e. The van der Waals surface area contributed by atoms with Gasteiger partial charge in [-0.25, -0.2) is 9.59 Å². The number of alkyl carbamates (subject to hydrolysis) is 1. The summed E-state index contributed by atoms with van der Waals surface area (Å²) in [6.07, 6.45) is 0.672. The standard InChI is InChI=1S/C23H28N2O5/c1-3-10-19(25-23(28)30-16-18-13-8-5-9-14-18)21(26)24-20(22(27)29-2)15-17-11-6-4-7-12-17/h4-9,11-14,19-20H,3,10,15-16H2,1-2H3,(H,24,26)(H,25,28)/t19-,20+/m0/s1. The molecule has 0 radical (unpaired) electrons. The maximum absolute atomic E-state index is 12.8. The van der Waals surface area contributed by atoms with Gasteiger partial charge in [0.2, 0.25) is 5.91 Å². The van der Waals surface area contributed by atoms with E-state index in [1.54, 1.807) is 0 Å². The maximum atomic E-state index is 12.8. The van der Waals surface area contributed by atoms with E-state index in [2.05, 4.69) is 10.6 Å². The molecule has 0 aliphatic rings. The number of ether oxygens (including phenoxy) is 2. The fraction of sp³-hybridized carbons (Fsp3) is 0.348. The van der Waals surface area contributed by atoms with Crippen molar-refractivity contribution in [2.45, 2.75) is 44.9 Å². The zero-order valence-electron chi connectivity index (χ0n) is 17.3. The van der Waals surface area contributed by atoms with Crippen molar-refractivity contribution >= 4 is 18.0 Å². The number of esters is 1. The van der Waals surface area contributed by atoms with Gasteiger partial charge in [-0.05, 0) is 17.5 Å². The Balaban J connectivity index is 1.97. The second-order valence-electron chi connectivity index (χ2n) is 6.82. The molecule has 0 aliphatic carbocycles. The third-order valence-electron chi connectivity index (χ3n) is 4.48. The largest absolute Gasteiger partial charge is 0.467 e. The van der Waals surface area contributed by atoms with Crippen LogP contribution >= 0.6 is 0 Å². The topological polar surface area (TPSA) is 93.7 Å². The molecule has 0 bridgehead atoms. The summed E-state index contributed by atoms with van der Waals surface area (Å²) in [6.45, 7) is 2.00. The van der Waals surface area contributed by atoms with Gasteiger partial charge in [-0.3, -0.25) is 4.79 Å². The van der Waals surface area contributed by atoms with Crippen LogP contribution in [0.1, 0.15) is 30.9 Å². The lowest BCUT2D eigenvalue weighted by atomic mass is 10.0. The minimum absolute atomic E-state index is 0.103. The van der Waals surface area contributed by atoms with Crippen LogP contribution in [-0.2, 0) is 32.1 Å². The van der Waals surface area contributed by atoms with Crippen LogP contribution in [-0.4, -0.2) is 37.2 Å². The minimum Gasteiger partial charge on any atom is -0.467 e. The van der Waals surface area contributed by atoms with Gasteiger partial charge in [0.25, 0.3) is 0 Å². The Morgan fingerprint density at radius 1 is 0.867 bits per heavy atom. The molecule has 7 heteroatoms. The average molecular weight is 412 g/mol. The number of hydrogen-bond acceptors (Lipinski definition) is 5. The summed E-state index contributed by atoms with van der Waals surface area (Å²) in [6, 6.07) is 16.9. The highest BCUT2D eigenvalue weighted by molar-refractivity contribution is 5.89. The molecule has 0 spiro atoms. The van der Waals surface area contributed by atoms with Gasteiger partial charge in [0.05, 0.1) is 7.11 Å². The van der Waals surface area contributed by atoms with Crippen LogP contribution < -0.4 is 10.6 Å². The normalized spacial score (nSPS) is 12.3. The van der Waals surface area contributed by atoms with E-state index in [0.717, 1.165) is 11.1 Å². The summed E-state index contributed by atoms with van der Waals surface area (Å²) >= 11 is 0. The molecule has 2 rings (SSSR count). The molecule has 2 amide bonds. The van der Waals surface area contributed by atoms with Crippen LogP contribution in [0.4, 0.5) is 4.79 Å². The van der Waals surface area contributed by atoms with Crippen molar-refractivity contribution in [3.63, 3.8) is 0 Å². The smallest absolute Gasteiger partial charge is 0.408 e. The van der Waals surface area contributed by atoms with E-state index in [9.17, 15) is 14.4 Å². The number of carbonyl (C=O) groups is 3. The van der Waals surface area contributed by atoms with Crippen molar-refractivity contribution in [3.05, 3.63) is 71.8 Å². The molecule has 30 heavy (non-hydrogen) atoms.